The highest BCUT2D eigenvalue weighted by Crippen LogP contribution is 2.21. The van der Waals surface area contributed by atoms with Gasteiger partial charge in [0.05, 0.1) is 6.54 Å². The van der Waals surface area contributed by atoms with Gasteiger partial charge in [-0.05, 0) is 54.7 Å². The number of carbonyl (C=O) groups is 4. The Kier molecular flexibility index (Phi) is 13.2. The standard InChI is InChI=1S/C37H49N5O4/c1-37(2,39)21-11-18-34(44)41(4)33(25-28-19-20-29-15-9-10-16-30(29)23-28)36(46)42(5)32(24-27-13-7-6-8-14-27)35(45)40(3)22-12-17-31(43)26-38/h6-11,13-16,18-20,23,32-33H,12,17,21-22,24-26,38-39H2,1-5H3/b18-11+/t32-,33-/m0/s1. The molecule has 3 amide bonds. The maximum absolute atomic E-state index is 14.4. The van der Waals surface area contributed by atoms with Gasteiger partial charge in [-0.2, -0.15) is 0 Å². The highest BCUT2D eigenvalue weighted by atomic mass is 16.2. The average molecular weight is 628 g/mol. The van der Waals surface area contributed by atoms with Gasteiger partial charge in [-0.15, -0.1) is 0 Å². The zero-order valence-electron chi connectivity index (χ0n) is 27.8. The average Bonchev–Trinajstić information content (AvgIpc) is 3.04. The van der Waals surface area contributed by atoms with Crippen LogP contribution in [0.3, 0.4) is 0 Å². The van der Waals surface area contributed by atoms with Gasteiger partial charge in [-0.25, -0.2) is 0 Å². The predicted octanol–water partition coefficient (Wildman–Crippen LogP) is 3.73. The third kappa shape index (κ3) is 10.6. The number of nitrogens with two attached hydrogens (primary N) is 2. The molecule has 0 bridgehead atoms. The minimum Gasteiger partial charge on any atom is -0.344 e. The topological polar surface area (TPSA) is 130 Å². The molecule has 3 rings (SSSR count). The first kappa shape index (κ1) is 36.1. The number of rotatable bonds is 16. The number of hydrogen-bond donors (Lipinski definition) is 2. The van der Waals surface area contributed by atoms with Gasteiger partial charge in [-0.3, -0.25) is 19.2 Å². The van der Waals surface area contributed by atoms with Crippen molar-refractivity contribution in [1.29, 1.82) is 0 Å². The van der Waals surface area contributed by atoms with E-state index in [4.69, 9.17) is 11.5 Å². The molecule has 0 aromatic heterocycles. The van der Waals surface area contributed by atoms with Crippen molar-refractivity contribution in [3.63, 3.8) is 0 Å². The lowest BCUT2D eigenvalue weighted by atomic mass is 9.98. The van der Waals surface area contributed by atoms with E-state index in [0.29, 0.717) is 25.8 Å². The predicted molar refractivity (Wildman–Crippen MR) is 184 cm³/mol. The number of benzene rings is 3. The van der Waals surface area contributed by atoms with Gasteiger partial charge in [0.2, 0.25) is 17.7 Å². The number of nitrogens with zero attached hydrogens (tertiary/aromatic N) is 3. The molecule has 0 saturated heterocycles. The van der Waals surface area contributed by atoms with Gasteiger partial charge in [0.15, 0.2) is 0 Å². The van der Waals surface area contributed by atoms with E-state index >= 15 is 0 Å². The Morgan fingerprint density at radius 2 is 1.39 bits per heavy atom. The lowest BCUT2D eigenvalue weighted by Gasteiger charge is -2.36. The van der Waals surface area contributed by atoms with Crippen LogP contribution in [0.15, 0.2) is 84.9 Å². The van der Waals surface area contributed by atoms with Gasteiger partial charge >= 0.3 is 0 Å². The highest BCUT2D eigenvalue weighted by molar-refractivity contribution is 5.95. The molecule has 2 atom stereocenters. The van der Waals surface area contributed by atoms with Crippen LogP contribution in [0.2, 0.25) is 0 Å². The van der Waals surface area contributed by atoms with Crippen molar-refractivity contribution in [2.75, 3.05) is 34.2 Å². The molecule has 3 aromatic carbocycles. The Hall–Kier alpha value is -4.34. The van der Waals surface area contributed by atoms with E-state index in [1.165, 1.54) is 15.9 Å². The van der Waals surface area contributed by atoms with Gasteiger partial charge in [0.25, 0.3) is 0 Å². The molecule has 46 heavy (non-hydrogen) atoms. The first-order valence-corrected chi connectivity index (χ1v) is 15.8. The maximum Gasteiger partial charge on any atom is 0.246 e. The molecule has 0 aliphatic rings. The summed E-state index contributed by atoms with van der Waals surface area (Å²) in [6.45, 7) is 4.07. The Labute approximate surface area is 273 Å². The number of Topliss-reactive ketones (excluding diaryl/α,β-unsaturated/α-hetero) is 1. The van der Waals surface area contributed by atoms with Crippen molar-refractivity contribution in [1.82, 2.24) is 14.7 Å². The summed E-state index contributed by atoms with van der Waals surface area (Å²) in [5.41, 5.74) is 12.9. The van der Waals surface area contributed by atoms with E-state index < -0.39 is 17.6 Å². The molecule has 9 heteroatoms. The summed E-state index contributed by atoms with van der Waals surface area (Å²) < 4.78 is 0. The van der Waals surface area contributed by atoms with Crippen LogP contribution in [-0.2, 0) is 32.0 Å². The molecule has 246 valence electrons. The second-order valence-electron chi connectivity index (χ2n) is 12.7. The second kappa shape index (κ2) is 16.8. The smallest absolute Gasteiger partial charge is 0.246 e. The molecule has 0 heterocycles. The fourth-order valence-electron chi connectivity index (χ4n) is 5.31. The summed E-state index contributed by atoms with van der Waals surface area (Å²) in [6, 6.07) is 21.8. The number of amides is 3. The molecule has 3 aromatic rings. The van der Waals surface area contributed by atoms with Crippen molar-refractivity contribution in [3.05, 3.63) is 96.1 Å². The second-order valence-corrected chi connectivity index (χ2v) is 12.7. The highest BCUT2D eigenvalue weighted by Gasteiger charge is 2.36. The molecule has 9 nitrogen and oxygen atoms in total. The molecule has 0 aliphatic heterocycles. The van der Waals surface area contributed by atoms with Crippen molar-refractivity contribution in [2.45, 2.75) is 63.6 Å². The lowest BCUT2D eigenvalue weighted by Crippen LogP contribution is -2.56. The van der Waals surface area contributed by atoms with Crippen LogP contribution in [0, 0.1) is 0 Å². The molecule has 0 unspecified atom stereocenters. The quantitative estimate of drug-likeness (QED) is 0.233. The summed E-state index contributed by atoms with van der Waals surface area (Å²) in [5.74, 6) is -0.993. The fourth-order valence-corrected chi connectivity index (χ4v) is 5.31. The van der Waals surface area contributed by atoms with E-state index in [1.807, 2.05) is 86.6 Å². The van der Waals surface area contributed by atoms with Crippen LogP contribution in [0.4, 0.5) is 0 Å². The van der Waals surface area contributed by atoms with Crippen molar-refractivity contribution in [3.8, 4) is 0 Å². The number of likely N-dealkylation sites (N-methyl/N-ethyl adjacent to an activating group) is 3. The minimum absolute atomic E-state index is 0.0322. The number of fused-ring (bicyclic) bond motifs is 1. The van der Waals surface area contributed by atoms with E-state index in [0.717, 1.165) is 21.9 Å². The number of hydrogen-bond acceptors (Lipinski definition) is 6. The summed E-state index contributed by atoms with van der Waals surface area (Å²) in [7, 11) is 4.92. The van der Waals surface area contributed by atoms with E-state index in [2.05, 4.69) is 0 Å². The van der Waals surface area contributed by atoms with Gasteiger partial charge in [-0.1, -0.05) is 78.9 Å². The maximum atomic E-state index is 14.4. The molecular formula is C37H49N5O4. The van der Waals surface area contributed by atoms with Gasteiger partial charge in [0, 0.05) is 52.5 Å². The van der Waals surface area contributed by atoms with Gasteiger partial charge < -0.3 is 26.2 Å². The molecule has 0 fully saturated rings. The largest absolute Gasteiger partial charge is 0.344 e. The molecule has 0 aliphatic carbocycles. The molecule has 4 N–H and O–H groups in total. The van der Waals surface area contributed by atoms with Gasteiger partial charge in [0.1, 0.15) is 17.9 Å². The van der Waals surface area contributed by atoms with Crippen LogP contribution in [0.25, 0.3) is 10.8 Å². The number of carbonyl (C=O) groups excluding carboxylic acids is 4. The van der Waals surface area contributed by atoms with Crippen molar-refractivity contribution in [2.24, 2.45) is 11.5 Å². The van der Waals surface area contributed by atoms with Crippen LogP contribution in [0.5, 0.6) is 0 Å². The van der Waals surface area contributed by atoms with Crippen molar-refractivity contribution >= 4 is 34.3 Å². The van der Waals surface area contributed by atoms with Crippen LogP contribution >= 0.6 is 0 Å². The Morgan fingerprint density at radius 3 is 2.04 bits per heavy atom. The van der Waals surface area contributed by atoms with E-state index in [-0.39, 0.29) is 42.9 Å². The summed E-state index contributed by atoms with van der Waals surface area (Å²) in [4.78, 5) is 58.0. The third-order valence-electron chi connectivity index (χ3n) is 8.17. The van der Waals surface area contributed by atoms with E-state index in [1.54, 1.807) is 32.1 Å². The van der Waals surface area contributed by atoms with Crippen LogP contribution in [-0.4, -0.2) is 90.1 Å². The molecule has 0 radical (unpaired) electrons. The zero-order valence-corrected chi connectivity index (χ0v) is 27.8. The van der Waals surface area contributed by atoms with E-state index in [9.17, 15) is 19.2 Å². The lowest BCUT2D eigenvalue weighted by molar-refractivity contribution is -0.148. The fraction of sp³-hybridized carbons (Fsp3) is 0.405. The summed E-state index contributed by atoms with van der Waals surface area (Å²) in [6.07, 6.45) is 4.98. The summed E-state index contributed by atoms with van der Waals surface area (Å²) in [5, 5.41) is 2.11. The Bertz CT molecular complexity index is 1510. The summed E-state index contributed by atoms with van der Waals surface area (Å²) >= 11 is 0. The molecular weight excluding hydrogens is 578 g/mol. The Balaban J connectivity index is 1.94. The van der Waals surface area contributed by atoms with Crippen LogP contribution < -0.4 is 11.5 Å². The SMILES string of the molecule is CN(CCCC(=O)CN)C(=O)[C@H](Cc1ccccc1)N(C)C(=O)[C@H](Cc1ccc2ccccc2c1)N(C)C(=O)/C=C/CC(C)(C)N. The normalized spacial score (nSPS) is 12.9. The van der Waals surface area contributed by atoms with Crippen molar-refractivity contribution < 1.29 is 19.2 Å². The third-order valence-corrected chi connectivity index (χ3v) is 8.17. The molecule has 0 saturated carbocycles. The monoisotopic (exact) mass is 627 g/mol. The first-order valence-electron chi connectivity index (χ1n) is 15.8. The number of ketones is 1. The first-order chi connectivity index (χ1) is 21.8. The Morgan fingerprint density at radius 1 is 0.783 bits per heavy atom. The zero-order chi connectivity index (χ0) is 33.9. The minimum atomic E-state index is -0.882. The molecule has 0 spiro atoms. The van der Waals surface area contributed by atoms with Crippen LogP contribution in [0.1, 0.15) is 44.2 Å².